The fourth-order valence-electron chi connectivity index (χ4n) is 2.42. The second-order valence-corrected chi connectivity index (χ2v) is 5.06. The first-order chi connectivity index (χ1) is 8.56. The van der Waals surface area contributed by atoms with Gasteiger partial charge in [0.15, 0.2) is 0 Å². The lowest BCUT2D eigenvalue weighted by atomic mass is 10.1. The molecule has 1 saturated heterocycles. The number of carboxylic acid groups (broad SMARTS) is 1. The normalized spacial score (nSPS) is 20.2. The van der Waals surface area contributed by atoms with Crippen molar-refractivity contribution in [3.05, 3.63) is 28.8 Å². The maximum atomic E-state index is 10.8. The fraction of sp³-hybridized carbons (Fsp3) is 0.462. The van der Waals surface area contributed by atoms with Gasteiger partial charge in [0.25, 0.3) is 0 Å². The maximum Gasteiger partial charge on any atom is 0.304 e. The third kappa shape index (κ3) is 3.15. The first-order valence-corrected chi connectivity index (χ1v) is 6.37. The van der Waals surface area contributed by atoms with E-state index in [0.29, 0.717) is 11.6 Å². The van der Waals surface area contributed by atoms with Crippen molar-refractivity contribution in [2.24, 2.45) is 0 Å². The predicted molar refractivity (Wildman–Crippen MR) is 68.8 cm³/mol. The molecule has 1 fully saturated rings. The Balaban J connectivity index is 2.03. The number of aromatic hydroxyl groups is 1. The van der Waals surface area contributed by atoms with Gasteiger partial charge in [-0.15, -0.1) is 0 Å². The summed E-state index contributed by atoms with van der Waals surface area (Å²) in [5, 5.41) is 18.5. The van der Waals surface area contributed by atoms with E-state index in [0.717, 1.165) is 24.9 Å². The van der Waals surface area contributed by atoms with Crippen LogP contribution in [0.4, 0.5) is 0 Å². The summed E-state index contributed by atoms with van der Waals surface area (Å²) in [6.45, 7) is 1.59. The molecule has 5 heteroatoms. The number of halogens is 1. The molecule has 18 heavy (non-hydrogen) atoms. The number of carboxylic acids is 1. The second kappa shape index (κ2) is 5.59. The van der Waals surface area contributed by atoms with Gasteiger partial charge in [0, 0.05) is 12.6 Å². The topological polar surface area (TPSA) is 60.8 Å². The Labute approximate surface area is 111 Å². The van der Waals surface area contributed by atoms with Crippen molar-refractivity contribution in [2.75, 3.05) is 6.54 Å². The number of aliphatic carboxylic acids is 1. The van der Waals surface area contributed by atoms with E-state index in [2.05, 4.69) is 4.90 Å². The monoisotopic (exact) mass is 269 g/mol. The minimum Gasteiger partial charge on any atom is -0.506 e. The summed E-state index contributed by atoms with van der Waals surface area (Å²) < 4.78 is 0. The van der Waals surface area contributed by atoms with Gasteiger partial charge in [-0.25, -0.2) is 0 Å². The van der Waals surface area contributed by atoms with Gasteiger partial charge in [-0.3, -0.25) is 9.69 Å². The molecule has 0 saturated carbocycles. The molecule has 98 valence electrons. The van der Waals surface area contributed by atoms with Crippen LogP contribution in [0.2, 0.25) is 5.02 Å². The number of phenolic OH excluding ortho intramolecular Hbond substituents is 1. The molecule has 0 radical (unpaired) electrons. The SMILES string of the molecule is O=C(O)CC1CCCN1Cc1ccc(O)c(Cl)c1. The quantitative estimate of drug-likeness (QED) is 0.882. The fourth-order valence-corrected chi connectivity index (χ4v) is 2.62. The average molecular weight is 270 g/mol. The molecule has 0 amide bonds. The van der Waals surface area contributed by atoms with Crippen LogP contribution in [0.5, 0.6) is 5.75 Å². The second-order valence-electron chi connectivity index (χ2n) is 4.65. The molecule has 2 N–H and O–H groups in total. The zero-order chi connectivity index (χ0) is 13.1. The smallest absolute Gasteiger partial charge is 0.304 e. The molecule has 1 aliphatic rings. The zero-order valence-corrected chi connectivity index (χ0v) is 10.7. The van der Waals surface area contributed by atoms with Crippen LogP contribution >= 0.6 is 11.6 Å². The summed E-state index contributed by atoms with van der Waals surface area (Å²) in [6, 6.07) is 5.22. The molecule has 1 unspecified atom stereocenters. The minimum atomic E-state index is -0.754. The van der Waals surface area contributed by atoms with Crippen LogP contribution in [0.15, 0.2) is 18.2 Å². The number of nitrogens with zero attached hydrogens (tertiary/aromatic N) is 1. The Hall–Kier alpha value is -1.26. The van der Waals surface area contributed by atoms with Crippen LogP contribution < -0.4 is 0 Å². The Bertz CT molecular complexity index is 450. The largest absolute Gasteiger partial charge is 0.506 e. The van der Waals surface area contributed by atoms with E-state index < -0.39 is 5.97 Å². The highest BCUT2D eigenvalue weighted by Gasteiger charge is 2.26. The van der Waals surface area contributed by atoms with Crippen LogP contribution in [0, 0.1) is 0 Å². The number of benzene rings is 1. The van der Waals surface area contributed by atoms with Crippen LogP contribution in [-0.4, -0.2) is 33.7 Å². The summed E-state index contributed by atoms with van der Waals surface area (Å²) in [5.41, 5.74) is 0.995. The highest BCUT2D eigenvalue weighted by molar-refractivity contribution is 6.32. The van der Waals surface area contributed by atoms with Gasteiger partial charge in [-0.1, -0.05) is 17.7 Å². The summed E-state index contributed by atoms with van der Waals surface area (Å²) in [6.07, 6.45) is 2.15. The molecule has 1 heterocycles. The van der Waals surface area contributed by atoms with Gasteiger partial charge in [-0.2, -0.15) is 0 Å². The lowest BCUT2D eigenvalue weighted by Crippen LogP contribution is -2.30. The molecule has 1 aromatic carbocycles. The molecule has 2 rings (SSSR count). The van der Waals surface area contributed by atoms with E-state index in [4.69, 9.17) is 16.7 Å². The van der Waals surface area contributed by atoms with Crippen molar-refractivity contribution in [3.8, 4) is 5.75 Å². The van der Waals surface area contributed by atoms with E-state index >= 15 is 0 Å². The third-order valence-electron chi connectivity index (χ3n) is 3.31. The van der Waals surface area contributed by atoms with Crippen molar-refractivity contribution >= 4 is 17.6 Å². The van der Waals surface area contributed by atoms with Crippen molar-refractivity contribution < 1.29 is 15.0 Å². The Kier molecular flexibility index (Phi) is 4.09. The van der Waals surface area contributed by atoms with E-state index in [1.165, 1.54) is 0 Å². The molecule has 0 spiro atoms. The molecule has 0 aliphatic carbocycles. The molecule has 1 aliphatic heterocycles. The van der Waals surface area contributed by atoms with Crippen molar-refractivity contribution in [1.82, 2.24) is 4.90 Å². The number of carbonyl (C=O) groups is 1. The Morgan fingerprint density at radius 2 is 2.28 bits per heavy atom. The van der Waals surface area contributed by atoms with E-state index in [1.54, 1.807) is 12.1 Å². The van der Waals surface area contributed by atoms with Gasteiger partial charge in [0.1, 0.15) is 5.75 Å². The molecule has 1 atom stereocenters. The van der Waals surface area contributed by atoms with Crippen molar-refractivity contribution in [2.45, 2.75) is 31.8 Å². The third-order valence-corrected chi connectivity index (χ3v) is 3.61. The zero-order valence-electron chi connectivity index (χ0n) is 9.97. The molecule has 1 aromatic rings. The van der Waals surface area contributed by atoms with E-state index in [1.807, 2.05) is 6.07 Å². The molecule has 0 bridgehead atoms. The molecular weight excluding hydrogens is 254 g/mol. The highest BCUT2D eigenvalue weighted by atomic mass is 35.5. The number of rotatable bonds is 4. The van der Waals surface area contributed by atoms with Crippen LogP contribution in [0.1, 0.15) is 24.8 Å². The van der Waals surface area contributed by atoms with Crippen molar-refractivity contribution in [1.29, 1.82) is 0 Å². The maximum absolute atomic E-state index is 10.8. The number of phenols is 1. The summed E-state index contributed by atoms with van der Waals surface area (Å²) in [7, 11) is 0. The lowest BCUT2D eigenvalue weighted by Gasteiger charge is -2.23. The summed E-state index contributed by atoms with van der Waals surface area (Å²) in [4.78, 5) is 12.9. The van der Waals surface area contributed by atoms with Gasteiger partial charge in [0.05, 0.1) is 11.4 Å². The van der Waals surface area contributed by atoms with Gasteiger partial charge in [0.2, 0.25) is 0 Å². The van der Waals surface area contributed by atoms with E-state index in [-0.39, 0.29) is 18.2 Å². The molecule has 0 aromatic heterocycles. The summed E-state index contributed by atoms with van der Waals surface area (Å²) in [5.74, 6) is -0.681. The number of hydrogen-bond donors (Lipinski definition) is 2. The first kappa shape index (κ1) is 13.2. The van der Waals surface area contributed by atoms with Crippen LogP contribution in [0.25, 0.3) is 0 Å². The average Bonchev–Trinajstić information content (AvgIpc) is 2.70. The van der Waals surface area contributed by atoms with Gasteiger partial charge >= 0.3 is 5.97 Å². The van der Waals surface area contributed by atoms with Crippen LogP contribution in [-0.2, 0) is 11.3 Å². The standard InChI is InChI=1S/C13H16ClNO3/c14-11-6-9(3-4-12(11)16)8-15-5-1-2-10(15)7-13(17)18/h3-4,6,10,16H,1-2,5,7-8H2,(H,17,18). The number of hydrogen-bond acceptors (Lipinski definition) is 3. The molecule has 4 nitrogen and oxygen atoms in total. The van der Waals surface area contributed by atoms with Crippen molar-refractivity contribution in [3.63, 3.8) is 0 Å². The first-order valence-electron chi connectivity index (χ1n) is 5.99. The predicted octanol–water partition coefficient (Wildman–Crippen LogP) is 2.48. The van der Waals surface area contributed by atoms with Gasteiger partial charge < -0.3 is 10.2 Å². The highest BCUT2D eigenvalue weighted by Crippen LogP contribution is 2.27. The Morgan fingerprint density at radius 3 is 2.94 bits per heavy atom. The molecular formula is C13H16ClNO3. The lowest BCUT2D eigenvalue weighted by molar-refractivity contribution is -0.138. The Morgan fingerprint density at radius 1 is 1.50 bits per heavy atom. The summed E-state index contributed by atoms with van der Waals surface area (Å²) >= 11 is 5.86. The van der Waals surface area contributed by atoms with Gasteiger partial charge in [-0.05, 0) is 37.1 Å². The van der Waals surface area contributed by atoms with Crippen LogP contribution in [0.3, 0.4) is 0 Å². The number of likely N-dealkylation sites (tertiary alicyclic amines) is 1. The van der Waals surface area contributed by atoms with E-state index in [9.17, 15) is 9.90 Å². The minimum absolute atomic E-state index is 0.0731.